The van der Waals surface area contributed by atoms with Crippen LogP contribution in [0.4, 0.5) is 4.39 Å². The van der Waals surface area contributed by atoms with E-state index < -0.39 is 0 Å². The van der Waals surface area contributed by atoms with Crippen molar-refractivity contribution in [1.29, 1.82) is 0 Å². The molecule has 1 atom stereocenters. The third-order valence-electron chi connectivity index (χ3n) is 4.47. The number of H-pyrrole nitrogens is 1. The van der Waals surface area contributed by atoms with Crippen molar-refractivity contribution in [3.05, 3.63) is 41.3 Å². The summed E-state index contributed by atoms with van der Waals surface area (Å²) in [6.45, 7) is 1.47. The predicted octanol–water partition coefficient (Wildman–Crippen LogP) is 2.00. The van der Waals surface area contributed by atoms with E-state index in [9.17, 15) is 9.18 Å². The molecule has 0 radical (unpaired) electrons. The number of hydrogen-bond acceptors (Lipinski definition) is 3. The molecule has 24 heavy (non-hydrogen) atoms. The summed E-state index contributed by atoms with van der Waals surface area (Å²) >= 11 is 0. The number of aromatic amines is 1. The number of halogens is 1. The molecule has 2 N–H and O–H groups in total. The van der Waals surface area contributed by atoms with Gasteiger partial charge in [0.1, 0.15) is 5.82 Å². The second kappa shape index (κ2) is 7.13. The van der Waals surface area contributed by atoms with Gasteiger partial charge in [-0.15, -0.1) is 0 Å². The van der Waals surface area contributed by atoms with Gasteiger partial charge in [-0.1, -0.05) is 12.1 Å². The van der Waals surface area contributed by atoms with Gasteiger partial charge in [-0.05, 0) is 45.5 Å². The maximum Gasteiger partial charge on any atom is 0.223 e. The smallest absolute Gasteiger partial charge is 0.223 e. The third-order valence-corrected chi connectivity index (χ3v) is 4.47. The monoisotopic (exact) mass is 330 g/mol. The van der Waals surface area contributed by atoms with Crippen LogP contribution in [-0.4, -0.2) is 48.2 Å². The van der Waals surface area contributed by atoms with Gasteiger partial charge in [0.2, 0.25) is 5.91 Å². The Bertz CT molecular complexity index is 726. The molecular weight excluding hydrogens is 307 g/mol. The molecule has 128 valence electrons. The number of likely N-dealkylation sites (N-methyl/N-ethyl adjacent to an activating group) is 1. The summed E-state index contributed by atoms with van der Waals surface area (Å²) in [5.41, 5.74) is 3.61. The average Bonchev–Trinajstić information content (AvgIpc) is 2.97. The van der Waals surface area contributed by atoms with Crippen LogP contribution in [0, 0.1) is 11.7 Å². The SMILES string of the molecule is CN(C)CCNC(=O)[C@H]1CCc2[nH]nc(-c3cccc(F)c3)c2C1. The van der Waals surface area contributed by atoms with Crippen molar-refractivity contribution in [2.75, 3.05) is 27.2 Å². The second-order valence-corrected chi connectivity index (χ2v) is 6.57. The van der Waals surface area contributed by atoms with E-state index in [1.165, 1.54) is 12.1 Å². The van der Waals surface area contributed by atoms with Crippen molar-refractivity contribution in [3.8, 4) is 11.3 Å². The highest BCUT2D eigenvalue weighted by molar-refractivity contribution is 5.80. The minimum atomic E-state index is -0.280. The standard InChI is InChI=1S/C18H23FN4O/c1-23(2)9-8-20-18(24)13-6-7-16-15(11-13)17(22-21-16)12-4-3-5-14(19)10-12/h3-5,10,13H,6-9,11H2,1-2H3,(H,20,24)(H,21,22)/t13-/m0/s1. The van der Waals surface area contributed by atoms with E-state index in [2.05, 4.69) is 15.5 Å². The summed E-state index contributed by atoms with van der Waals surface area (Å²) in [5, 5.41) is 10.4. The quantitative estimate of drug-likeness (QED) is 0.881. The molecule has 3 rings (SSSR count). The number of amides is 1. The Morgan fingerprint density at radius 2 is 2.29 bits per heavy atom. The van der Waals surface area contributed by atoms with Crippen LogP contribution in [0.2, 0.25) is 0 Å². The summed E-state index contributed by atoms with van der Waals surface area (Å²) in [6.07, 6.45) is 2.25. The van der Waals surface area contributed by atoms with E-state index in [4.69, 9.17) is 0 Å². The molecule has 1 aromatic heterocycles. The molecule has 0 saturated heterocycles. The van der Waals surface area contributed by atoms with Gasteiger partial charge in [0.05, 0.1) is 5.69 Å². The zero-order chi connectivity index (χ0) is 17.1. The Kier molecular flexibility index (Phi) is 4.94. The fourth-order valence-electron chi connectivity index (χ4n) is 3.14. The van der Waals surface area contributed by atoms with E-state index in [0.717, 1.165) is 41.9 Å². The molecule has 0 saturated carbocycles. The van der Waals surface area contributed by atoms with Crippen LogP contribution < -0.4 is 5.32 Å². The normalized spacial score (nSPS) is 16.9. The predicted molar refractivity (Wildman–Crippen MR) is 91.1 cm³/mol. The molecular formula is C18H23FN4O. The van der Waals surface area contributed by atoms with E-state index in [-0.39, 0.29) is 17.6 Å². The van der Waals surface area contributed by atoms with Crippen LogP contribution in [0.5, 0.6) is 0 Å². The van der Waals surface area contributed by atoms with Crippen molar-refractivity contribution >= 4 is 5.91 Å². The van der Waals surface area contributed by atoms with Gasteiger partial charge >= 0.3 is 0 Å². The van der Waals surface area contributed by atoms with Crippen molar-refractivity contribution in [1.82, 2.24) is 20.4 Å². The van der Waals surface area contributed by atoms with Crippen LogP contribution in [0.15, 0.2) is 24.3 Å². The largest absolute Gasteiger partial charge is 0.355 e. The third kappa shape index (κ3) is 3.64. The van der Waals surface area contributed by atoms with Crippen LogP contribution in [0.25, 0.3) is 11.3 Å². The number of carbonyl (C=O) groups excluding carboxylic acids is 1. The molecule has 5 nitrogen and oxygen atoms in total. The summed E-state index contributed by atoms with van der Waals surface area (Å²) in [7, 11) is 3.96. The molecule has 1 aliphatic carbocycles. The van der Waals surface area contributed by atoms with Gasteiger partial charge in [0.15, 0.2) is 0 Å². The zero-order valence-electron chi connectivity index (χ0n) is 14.1. The number of benzene rings is 1. The Labute approximate surface area is 141 Å². The van der Waals surface area contributed by atoms with Crippen molar-refractivity contribution < 1.29 is 9.18 Å². The van der Waals surface area contributed by atoms with Gasteiger partial charge in [-0.25, -0.2) is 4.39 Å². The number of nitrogens with one attached hydrogen (secondary N) is 2. The van der Waals surface area contributed by atoms with E-state index >= 15 is 0 Å². The number of aryl methyl sites for hydroxylation is 1. The fourth-order valence-corrected chi connectivity index (χ4v) is 3.14. The van der Waals surface area contributed by atoms with Crippen LogP contribution in [0.1, 0.15) is 17.7 Å². The van der Waals surface area contributed by atoms with E-state index in [1.807, 2.05) is 25.1 Å². The first-order valence-corrected chi connectivity index (χ1v) is 8.29. The lowest BCUT2D eigenvalue weighted by atomic mass is 9.85. The van der Waals surface area contributed by atoms with Crippen LogP contribution in [-0.2, 0) is 17.6 Å². The first kappa shape index (κ1) is 16.6. The number of carbonyl (C=O) groups is 1. The lowest BCUT2D eigenvalue weighted by molar-refractivity contribution is -0.125. The van der Waals surface area contributed by atoms with Gasteiger partial charge < -0.3 is 10.2 Å². The number of fused-ring (bicyclic) bond motifs is 1. The highest BCUT2D eigenvalue weighted by Gasteiger charge is 2.28. The number of hydrogen-bond donors (Lipinski definition) is 2. The molecule has 1 aromatic carbocycles. The highest BCUT2D eigenvalue weighted by atomic mass is 19.1. The minimum absolute atomic E-state index is 0.0513. The summed E-state index contributed by atoms with van der Waals surface area (Å²) in [5.74, 6) is -0.239. The van der Waals surface area contributed by atoms with Crippen molar-refractivity contribution in [2.24, 2.45) is 5.92 Å². The van der Waals surface area contributed by atoms with Gasteiger partial charge in [-0.2, -0.15) is 5.10 Å². The topological polar surface area (TPSA) is 61.0 Å². The number of nitrogens with zero attached hydrogens (tertiary/aromatic N) is 2. The number of aromatic nitrogens is 2. The maximum atomic E-state index is 13.5. The maximum absolute atomic E-state index is 13.5. The molecule has 6 heteroatoms. The molecule has 0 bridgehead atoms. The lowest BCUT2D eigenvalue weighted by Crippen LogP contribution is -2.37. The average molecular weight is 330 g/mol. The van der Waals surface area contributed by atoms with Crippen molar-refractivity contribution in [3.63, 3.8) is 0 Å². The molecule has 0 fully saturated rings. The first-order chi connectivity index (χ1) is 11.5. The zero-order valence-corrected chi connectivity index (χ0v) is 14.1. The first-order valence-electron chi connectivity index (χ1n) is 8.29. The number of rotatable bonds is 5. The highest BCUT2D eigenvalue weighted by Crippen LogP contribution is 2.32. The molecule has 1 aliphatic rings. The minimum Gasteiger partial charge on any atom is -0.355 e. The summed E-state index contributed by atoms with van der Waals surface area (Å²) in [6, 6.07) is 6.43. The Morgan fingerprint density at radius 3 is 3.04 bits per heavy atom. The Hall–Kier alpha value is -2.21. The molecule has 0 aliphatic heterocycles. The summed E-state index contributed by atoms with van der Waals surface area (Å²) < 4.78 is 13.5. The van der Waals surface area contributed by atoms with E-state index in [0.29, 0.717) is 13.0 Å². The van der Waals surface area contributed by atoms with Crippen LogP contribution >= 0.6 is 0 Å². The molecule has 1 heterocycles. The van der Waals surface area contributed by atoms with Gasteiger partial charge in [0, 0.05) is 35.8 Å². The summed E-state index contributed by atoms with van der Waals surface area (Å²) in [4.78, 5) is 14.4. The van der Waals surface area contributed by atoms with Gasteiger partial charge in [0.25, 0.3) is 0 Å². The Balaban J connectivity index is 1.73. The lowest BCUT2D eigenvalue weighted by Gasteiger charge is -2.22. The molecule has 2 aromatic rings. The van der Waals surface area contributed by atoms with Gasteiger partial charge in [-0.3, -0.25) is 9.89 Å². The molecule has 0 spiro atoms. The fraction of sp³-hybridized carbons (Fsp3) is 0.444. The Morgan fingerprint density at radius 1 is 1.46 bits per heavy atom. The molecule has 0 unspecified atom stereocenters. The van der Waals surface area contributed by atoms with Crippen molar-refractivity contribution in [2.45, 2.75) is 19.3 Å². The second-order valence-electron chi connectivity index (χ2n) is 6.57. The molecule has 1 amide bonds. The van der Waals surface area contributed by atoms with Crippen LogP contribution in [0.3, 0.4) is 0 Å². The van der Waals surface area contributed by atoms with E-state index in [1.54, 1.807) is 6.07 Å².